The standard InChI is InChI=1S/C22H14O4.C20H14O4.C14H10O6/c23-21(25-19-11-9-15-5-1-3-7-17(15)13-19)22(24)26-20-12-10-16-6-2-4-8-18(16)14-20;21-19(23-15-9-3-1-4-10-15)17-13-7-8-14-18(17)20(22)24-16-11-5-2-6-12-16;15-9-1-5-11(6-2-9)19-13(17)14(18)20-12-7-3-10(16)4-8-12/h1-14H;1-14H;1-8,15-16H. The molecule has 0 bridgehead atoms. The number of para-hydroxylation sites is 2. The summed E-state index contributed by atoms with van der Waals surface area (Å²) in [7, 11) is 0. The van der Waals surface area contributed by atoms with Crippen LogP contribution < -0.4 is 28.4 Å². The third-order valence-electron chi connectivity index (χ3n) is 9.57. The van der Waals surface area contributed by atoms with Crippen molar-refractivity contribution in [3.05, 3.63) is 230 Å². The van der Waals surface area contributed by atoms with Crippen LogP contribution in [0.1, 0.15) is 20.7 Å². The predicted molar refractivity (Wildman–Crippen MR) is 256 cm³/mol. The largest absolute Gasteiger partial charge is 0.508 e. The van der Waals surface area contributed by atoms with Crippen molar-refractivity contribution >= 4 is 57.4 Å². The fourth-order valence-corrected chi connectivity index (χ4v) is 6.23. The van der Waals surface area contributed by atoms with Gasteiger partial charge in [0.1, 0.15) is 46.0 Å². The van der Waals surface area contributed by atoms with Gasteiger partial charge in [0.2, 0.25) is 0 Å². The molecule has 0 saturated heterocycles. The molecular formula is C56H38O14. The van der Waals surface area contributed by atoms with Crippen LogP contribution in [-0.4, -0.2) is 46.0 Å². The van der Waals surface area contributed by atoms with Gasteiger partial charge in [-0.2, -0.15) is 0 Å². The molecule has 2 N–H and O–H groups in total. The Labute approximate surface area is 399 Å². The number of carbonyl (C=O) groups excluding carboxylic acids is 6. The molecule has 0 aliphatic heterocycles. The second kappa shape index (κ2) is 23.4. The molecule has 9 rings (SSSR count). The van der Waals surface area contributed by atoms with Gasteiger partial charge < -0.3 is 38.6 Å². The summed E-state index contributed by atoms with van der Waals surface area (Å²) in [4.78, 5) is 71.7. The maximum absolute atomic E-state index is 12.4. The van der Waals surface area contributed by atoms with Crippen LogP contribution in [0.25, 0.3) is 21.5 Å². The first kappa shape index (κ1) is 47.9. The first-order chi connectivity index (χ1) is 34.0. The van der Waals surface area contributed by atoms with Crippen molar-refractivity contribution < 1.29 is 67.4 Å². The molecule has 0 radical (unpaired) electrons. The summed E-state index contributed by atoms with van der Waals surface area (Å²) in [5.41, 5.74) is 0.310. The Morgan fingerprint density at radius 2 is 0.529 bits per heavy atom. The fourth-order valence-electron chi connectivity index (χ4n) is 6.23. The molecule has 14 heteroatoms. The van der Waals surface area contributed by atoms with Gasteiger partial charge in [0.25, 0.3) is 0 Å². The Kier molecular flexibility index (Phi) is 16.0. The molecular weight excluding hydrogens is 897 g/mol. The predicted octanol–water partition coefficient (Wildman–Crippen LogP) is 10.2. The number of esters is 6. The highest BCUT2D eigenvalue weighted by atomic mass is 16.6. The van der Waals surface area contributed by atoms with E-state index in [2.05, 4.69) is 0 Å². The van der Waals surface area contributed by atoms with E-state index in [0.29, 0.717) is 23.0 Å². The highest BCUT2D eigenvalue weighted by Gasteiger charge is 2.22. The summed E-state index contributed by atoms with van der Waals surface area (Å²) in [6, 6.07) is 60.1. The number of phenols is 2. The number of benzene rings is 9. The van der Waals surface area contributed by atoms with Gasteiger partial charge in [-0.1, -0.05) is 109 Å². The van der Waals surface area contributed by atoms with Gasteiger partial charge in [-0.25, -0.2) is 28.8 Å². The lowest BCUT2D eigenvalue weighted by Gasteiger charge is -2.09. The van der Waals surface area contributed by atoms with E-state index in [0.717, 1.165) is 21.5 Å². The third kappa shape index (κ3) is 13.7. The molecule has 14 nitrogen and oxygen atoms in total. The maximum Gasteiger partial charge on any atom is 0.423 e. The molecule has 0 fully saturated rings. The highest BCUT2D eigenvalue weighted by molar-refractivity contribution is 6.31. The number of carbonyl (C=O) groups is 6. The number of rotatable bonds is 8. The first-order valence-electron chi connectivity index (χ1n) is 21.0. The van der Waals surface area contributed by atoms with E-state index in [9.17, 15) is 28.8 Å². The quantitative estimate of drug-likeness (QED) is 0.0829. The summed E-state index contributed by atoms with van der Waals surface area (Å²) in [6.07, 6.45) is 0. The van der Waals surface area contributed by atoms with Crippen LogP contribution in [0.4, 0.5) is 0 Å². The number of hydrogen-bond donors (Lipinski definition) is 2. The number of fused-ring (bicyclic) bond motifs is 2. The van der Waals surface area contributed by atoms with Crippen LogP contribution in [-0.2, 0) is 19.2 Å². The topological polar surface area (TPSA) is 198 Å². The first-order valence-corrected chi connectivity index (χ1v) is 21.0. The van der Waals surface area contributed by atoms with Gasteiger partial charge in [0.05, 0.1) is 11.1 Å². The summed E-state index contributed by atoms with van der Waals surface area (Å²) >= 11 is 0. The Morgan fingerprint density at radius 3 is 0.886 bits per heavy atom. The molecule has 9 aromatic carbocycles. The van der Waals surface area contributed by atoms with E-state index in [1.54, 1.807) is 84.9 Å². The SMILES string of the molecule is O=C(Oc1ccc(O)cc1)C(=O)Oc1ccc(O)cc1.O=C(Oc1ccc2ccccc2c1)C(=O)Oc1ccc2ccccc2c1.O=C(Oc1ccccc1)c1ccccc1C(=O)Oc1ccccc1. The van der Waals surface area contributed by atoms with Gasteiger partial charge in [-0.05, 0) is 131 Å². The minimum absolute atomic E-state index is 0.0106. The van der Waals surface area contributed by atoms with E-state index in [1.165, 1.54) is 60.7 Å². The van der Waals surface area contributed by atoms with Crippen LogP contribution in [0.5, 0.6) is 46.0 Å². The molecule has 0 aliphatic rings. The summed E-state index contributed by atoms with van der Waals surface area (Å²) < 4.78 is 30.4. The van der Waals surface area contributed by atoms with Gasteiger partial charge in [-0.15, -0.1) is 0 Å². The maximum atomic E-state index is 12.4. The van der Waals surface area contributed by atoms with Crippen molar-refractivity contribution in [2.24, 2.45) is 0 Å². The number of ether oxygens (including phenoxy) is 6. The Bertz CT molecular complexity index is 3060. The zero-order valence-corrected chi connectivity index (χ0v) is 36.6. The molecule has 0 saturated carbocycles. The lowest BCUT2D eigenvalue weighted by Crippen LogP contribution is -2.25. The summed E-state index contributed by atoms with van der Waals surface area (Å²) in [5, 5.41) is 22.0. The van der Waals surface area contributed by atoms with Crippen LogP contribution >= 0.6 is 0 Å². The monoisotopic (exact) mass is 934 g/mol. The summed E-state index contributed by atoms with van der Waals surface area (Å²) in [5.74, 6) is -4.08. The third-order valence-corrected chi connectivity index (χ3v) is 9.57. The number of aromatic hydroxyl groups is 2. The minimum Gasteiger partial charge on any atom is -0.508 e. The van der Waals surface area contributed by atoms with Crippen molar-refractivity contribution in [3.8, 4) is 46.0 Å². The number of hydrogen-bond acceptors (Lipinski definition) is 14. The van der Waals surface area contributed by atoms with Crippen molar-refractivity contribution in [1.29, 1.82) is 0 Å². The Balaban J connectivity index is 0.000000156. The molecule has 0 amide bonds. The molecule has 9 aromatic rings. The highest BCUT2D eigenvalue weighted by Crippen LogP contribution is 2.24. The second-order valence-electron chi connectivity index (χ2n) is 14.5. The second-order valence-corrected chi connectivity index (χ2v) is 14.5. The molecule has 0 spiro atoms. The average molecular weight is 935 g/mol. The fraction of sp³-hybridized carbons (Fsp3) is 0. The smallest absolute Gasteiger partial charge is 0.423 e. The van der Waals surface area contributed by atoms with Crippen molar-refractivity contribution in [2.45, 2.75) is 0 Å². The molecule has 0 heterocycles. The van der Waals surface area contributed by atoms with Gasteiger partial charge in [0.15, 0.2) is 0 Å². The van der Waals surface area contributed by atoms with Gasteiger partial charge in [0, 0.05) is 0 Å². The molecule has 0 atom stereocenters. The van der Waals surface area contributed by atoms with E-state index in [4.69, 9.17) is 38.6 Å². The lowest BCUT2D eigenvalue weighted by atomic mass is 10.1. The molecule has 0 aromatic heterocycles. The normalized spacial score (nSPS) is 10.2. The van der Waals surface area contributed by atoms with E-state index in [1.807, 2.05) is 72.8 Å². The zero-order chi connectivity index (χ0) is 49.2. The molecule has 0 unspecified atom stereocenters. The Hall–Kier alpha value is -10.1. The van der Waals surface area contributed by atoms with Gasteiger partial charge >= 0.3 is 35.8 Å². The van der Waals surface area contributed by atoms with Crippen molar-refractivity contribution in [2.75, 3.05) is 0 Å². The Morgan fingerprint density at radius 1 is 0.257 bits per heavy atom. The van der Waals surface area contributed by atoms with E-state index in [-0.39, 0.29) is 34.1 Å². The van der Waals surface area contributed by atoms with Crippen molar-refractivity contribution in [1.82, 2.24) is 0 Å². The van der Waals surface area contributed by atoms with E-state index >= 15 is 0 Å². The van der Waals surface area contributed by atoms with Crippen LogP contribution in [0.15, 0.2) is 218 Å². The average Bonchev–Trinajstić information content (AvgIpc) is 3.38. The molecule has 70 heavy (non-hydrogen) atoms. The van der Waals surface area contributed by atoms with E-state index < -0.39 is 35.8 Å². The van der Waals surface area contributed by atoms with Crippen LogP contribution in [0.3, 0.4) is 0 Å². The minimum atomic E-state index is -1.19. The van der Waals surface area contributed by atoms with Crippen LogP contribution in [0.2, 0.25) is 0 Å². The molecule has 346 valence electrons. The van der Waals surface area contributed by atoms with Crippen molar-refractivity contribution in [3.63, 3.8) is 0 Å². The zero-order valence-electron chi connectivity index (χ0n) is 36.6. The van der Waals surface area contributed by atoms with Gasteiger partial charge in [-0.3, -0.25) is 0 Å². The lowest BCUT2D eigenvalue weighted by molar-refractivity contribution is -0.156. The summed E-state index contributed by atoms with van der Waals surface area (Å²) in [6.45, 7) is 0. The van der Waals surface area contributed by atoms with Crippen LogP contribution in [0, 0.1) is 0 Å². The molecule has 0 aliphatic carbocycles. The number of phenolic OH excluding ortho intramolecular Hbond substituents is 2.